The SMILES string of the molecule is CCCCCCCCCCCCCCCCCCCCCCCCCCCCCCCCCCCCCCCCC(=O)NC(CO)C(O)CCCCCCCCCCCCCCCC. The van der Waals surface area contributed by atoms with Crippen molar-refractivity contribution in [3.05, 3.63) is 0 Å². The largest absolute Gasteiger partial charge is 0.394 e. The third-order valence-corrected chi connectivity index (χ3v) is 14.6. The Bertz CT molecular complexity index is 849. The minimum atomic E-state index is -0.654. The topological polar surface area (TPSA) is 69.6 Å². The lowest BCUT2D eigenvalue weighted by atomic mass is 10.0. The van der Waals surface area contributed by atoms with Crippen LogP contribution in [0.1, 0.15) is 361 Å². The minimum Gasteiger partial charge on any atom is -0.394 e. The Kier molecular flexibility index (Phi) is 56.2. The van der Waals surface area contributed by atoms with E-state index in [2.05, 4.69) is 19.2 Å². The summed E-state index contributed by atoms with van der Waals surface area (Å²) in [7, 11) is 0. The molecule has 0 heterocycles. The lowest BCUT2D eigenvalue weighted by Crippen LogP contribution is -2.45. The van der Waals surface area contributed by atoms with E-state index in [0.29, 0.717) is 12.8 Å². The molecule has 0 aromatic carbocycles. The summed E-state index contributed by atoms with van der Waals surface area (Å²) < 4.78 is 0. The lowest BCUT2D eigenvalue weighted by Gasteiger charge is -2.22. The lowest BCUT2D eigenvalue weighted by molar-refractivity contribution is -0.123. The van der Waals surface area contributed by atoms with Crippen molar-refractivity contribution in [2.75, 3.05) is 6.61 Å². The van der Waals surface area contributed by atoms with Crippen LogP contribution in [0.2, 0.25) is 0 Å². The molecular formula is C60H121NO3. The van der Waals surface area contributed by atoms with Gasteiger partial charge in [-0.1, -0.05) is 341 Å². The van der Waals surface area contributed by atoms with Gasteiger partial charge >= 0.3 is 0 Å². The molecule has 4 heteroatoms. The van der Waals surface area contributed by atoms with Crippen molar-refractivity contribution in [2.24, 2.45) is 0 Å². The van der Waals surface area contributed by atoms with E-state index in [4.69, 9.17) is 0 Å². The van der Waals surface area contributed by atoms with E-state index in [1.807, 2.05) is 0 Å². The number of unbranched alkanes of at least 4 members (excludes halogenated alkanes) is 50. The number of nitrogens with one attached hydrogen (secondary N) is 1. The summed E-state index contributed by atoms with van der Waals surface area (Å²) in [5, 5.41) is 23.3. The number of aliphatic hydroxyl groups excluding tert-OH is 2. The zero-order chi connectivity index (χ0) is 46.3. The van der Waals surface area contributed by atoms with Gasteiger partial charge in [-0.2, -0.15) is 0 Å². The Morgan fingerprint density at radius 2 is 0.500 bits per heavy atom. The van der Waals surface area contributed by atoms with Crippen LogP contribution >= 0.6 is 0 Å². The maximum Gasteiger partial charge on any atom is 0.220 e. The second-order valence-electron chi connectivity index (χ2n) is 21.1. The maximum absolute atomic E-state index is 12.5. The second-order valence-corrected chi connectivity index (χ2v) is 21.1. The van der Waals surface area contributed by atoms with Crippen molar-refractivity contribution in [3.8, 4) is 0 Å². The molecule has 0 aromatic heterocycles. The predicted octanol–water partition coefficient (Wildman–Crippen LogP) is 19.9. The Hall–Kier alpha value is -0.610. The molecule has 64 heavy (non-hydrogen) atoms. The molecule has 1 amide bonds. The molecule has 0 aromatic rings. The van der Waals surface area contributed by atoms with Crippen LogP contribution in [-0.4, -0.2) is 34.9 Å². The molecule has 0 saturated heterocycles. The third-order valence-electron chi connectivity index (χ3n) is 14.6. The average molecular weight is 905 g/mol. The van der Waals surface area contributed by atoms with Crippen LogP contribution in [-0.2, 0) is 4.79 Å². The van der Waals surface area contributed by atoms with E-state index in [0.717, 1.165) is 25.7 Å². The van der Waals surface area contributed by atoms with Crippen molar-refractivity contribution in [1.29, 1.82) is 0 Å². The van der Waals surface area contributed by atoms with Gasteiger partial charge in [-0.15, -0.1) is 0 Å². The summed E-state index contributed by atoms with van der Waals surface area (Å²) in [5.41, 5.74) is 0. The van der Waals surface area contributed by atoms with Gasteiger partial charge in [0.05, 0.1) is 18.8 Å². The van der Waals surface area contributed by atoms with Crippen LogP contribution in [0.5, 0.6) is 0 Å². The molecule has 2 unspecified atom stereocenters. The van der Waals surface area contributed by atoms with E-state index in [1.54, 1.807) is 0 Å². The van der Waals surface area contributed by atoms with Crippen molar-refractivity contribution in [3.63, 3.8) is 0 Å². The number of amides is 1. The van der Waals surface area contributed by atoms with Crippen LogP contribution in [0.25, 0.3) is 0 Å². The number of carbonyl (C=O) groups excluding carboxylic acids is 1. The second kappa shape index (κ2) is 56.7. The first-order valence-corrected chi connectivity index (χ1v) is 30.2. The highest BCUT2D eigenvalue weighted by molar-refractivity contribution is 5.76. The van der Waals surface area contributed by atoms with Gasteiger partial charge in [0.1, 0.15) is 0 Å². The molecule has 0 radical (unpaired) electrons. The molecule has 0 aliphatic carbocycles. The van der Waals surface area contributed by atoms with E-state index in [-0.39, 0.29) is 12.5 Å². The molecule has 0 spiro atoms. The van der Waals surface area contributed by atoms with Crippen LogP contribution < -0.4 is 5.32 Å². The van der Waals surface area contributed by atoms with Gasteiger partial charge < -0.3 is 15.5 Å². The number of hydrogen-bond donors (Lipinski definition) is 3. The average Bonchev–Trinajstić information content (AvgIpc) is 3.30. The highest BCUT2D eigenvalue weighted by Crippen LogP contribution is 2.19. The minimum absolute atomic E-state index is 0.0227. The van der Waals surface area contributed by atoms with Crippen LogP contribution in [0.4, 0.5) is 0 Å². The fourth-order valence-electron chi connectivity index (χ4n) is 10.0. The van der Waals surface area contributed by atoms with Gasteiger partial charge in [0.15, 0.2) is 0 Å². The first kappa shape index (κ1) is 63.4. The van der Waals surface area contributed by atoms with Crippen LogP contribution in [0.15, 0.2) is 0 Å². The van der Waals surface area contributed by atoms with Gasteiger partial charge in [0.25, 0.3) is 0 Å². The molecule has 4 nitrogen and oxygen atoms in total. The summed E-state index contributed by atoms with van der Waals surface area (Å²) in [6.07, 6.45) is 72.7. The third kappa shape index (κ3) is 52.4. The van der Waals surface area contributed by atoms with E-state index >= 15 is 0 Å². The van der Waals surface area contributed by atoms with Gasteiger partial charge in [-0.05, 0) is 12.8 Å². The molecule has 3 N–H and O–H groups in total. The standard InChI is InChI=1S/C60H121NO3/c1-3-5-7-9-11-13-15-17-19-20-21-22-23-24-25-26-27-28-29-30-31-32-33-34-35-36-37-38-39-40-41-42-44-46-48-50-52-54-56-60(64)61-58(57-62)59(63)55-53-51-49-47-45-43-18-16-14-12-10-8-6-4-2/h58-59,62-63H,3-57H2,1-2H3,(H,61,64). The Morgan fingerprint density at radius 3 is 0.703 bits per heavy atom. The molecule has 0 aliphatic rings. The summed E-state index contributed by atoms with van der Waals surface area (Å²) in [4.78, 5) is 12.5. The molecule has 0 aliphatic heterocycles. The van der Waals surface area contributed by atoms with E-state index < -0.39 is 12.1 Å². The smallest absolute Gasteiger partial charge is 0.220 e. The van der Waals surface area contributed by atoms with Crippen LogP contribution in [0, 0.1) is 0 Å². The number of rotatable bonds is 57. The molecule has 0 fully saturated rings. The van der Waals surface area contributed by atoms with Gasteiger partial charge in [0, 0.05) is 6.42 Å². The zero-order valence-corrected chi connectivity index (χ0v) is 44.3. The van der Waals surface area contributed by atoms with E-state index in [1.165, 1.54) is 308 Å². The highest BCUT2D eigenvalue weighted by Gasteiger charge is 2.20. The summed E-state index contributed by atoms with van der Waals surface area (Å²) in [6, 6.07) is -0.530. The first-order valence-electron chi connectivity index (χ1n) is 30.2. The fraction of sp³-hybridized carbons (Fsp3) is 0.983. The number of aliphatic hydroxyl groups is 2. The van der Waals surface area contributed by atoms with Gasteiger partial charge in [-0.25, -0.2) is 0 Å². The Morgan fingerprint density at radius 1 is 0.312 bits per heavy atom. The normalized spacial score (nSPS) is 12.6. The summed E-state index contributed by atoms with van der Waals surface area (Å²) in [6.45, 7) is 4.40. The fourth-order valence-corrected chi connectivity index (χ4v) is 10.0. The number of hydrogen-bond acceptors (Lipinski definition) is 3. The molecule has 384 valence electrons. The first-order chi connectivity index (χ1) is 31.7. The monoisotopic (exact) mass is 904 g/mol. The highest BCUT2D eigenvalue weighted by atomic mass is 16.3. The number of carbonyl (C=O) groups is 1. The predicted molar refractivity (Wildman–Crippen MR) is 286 cm³/mol. The molecule has 0 saturated carbocycles. The molecule has 0 bridgehead atoms. The maximum atomic E-state index is 12.5. The van der Waals surface area contributed by atoms with Crippen LogP contribution in [0.3, 0.4) is 0 Å². The quantitative estimate of drug-likeness (QED) is 0.0533. The van der Waals surface area contributed by atoms with Gasteiger partial charge in [0.2, 0.25) is 5.91 Å². The molecule has 0 rings (SSSR count). The van der Waals surface area contributed by atoms with E-state index in [9.17, 15) is 15.0 Å². The van der Waals surface area contributed by atoms with Crippen molar-refractivity contribution in [2.45, 2.75) is 373 Å². The Balaban J connectivity index is 3.31. The Labute approximate surface area is 404 Å². The summed E-state index contributed by atoms with van der Waals surface area (Å²) in [5.74, 6) is -0.0227. The molecule has 2 atom stereocenters. The van der Waals surface area contributed by atoms with Gasteiger partial charge in [-0.3, -0.25) is 4.79 Å². The summed E-state index contributed by atoms with van der Waals surface area (Å²) >= 11 is 0. The zero-order valence-electron chi connectivity index (χ0n) is 44.3. The van der Waals surface area contributed by atoms with Crippen molar-refractivity contribution >= 4 is 5.91 Å². The van der Waals surface area contributed by atoms with Crippen molar-refractivity contribution in [1.82, 2.24) is 5.32 Å². The van der Waals surface area contributed by atoms with Crippen molar-refractivity contribution < 1.29 is 15.0 Å². The molecular weight excluding hydrogens is 783 g/mol.